The molecule has 0 fully saturated rings. The molecule has 0 aromatic heterocycles. The van der Waals surface area contributed by atoms with Gasteiger partial charge in [-0.2, -0.15) is 84.2 Å². The molecular formula is C49H36N6O35S10. The maximum atomic E-state index is 13.6. The number of rotatable bonds is 20. The van der Waals surface area contributed by atoms with Crippen LogP contribution in [0.4, 0.5) is 38.9 Å². The fraction of sp³-hybridized carbons (Fsp3) is 0. The number of anilines is 6. The molecule has 0 aliphatic heterocycles. The van der Waals surface area contributed by atoms with Crippen molar-refractivity contribution in [2.24, 2.45) is 0 Å². The highest BCUT2D eigenvalue weighted by atomic mass is 32.3. The van der Waals surface area contributed by atoms with Gasteiger partial charge in [0.05, 0.1) is 32.5 Å². The van der Waals surface area contributed by atoms with Crippen molar-refractivity contribution in [3.05, 3.63) is 144 Å². The Kier molecular flexibility index (Phi) is 20.0. The van der Waals surface area contributed by atoms with Crippen LogP contribution >= 0.6 is 0 Å². The predicted molar refractivity (Wildman–Crippen MR) is 335 cm³/mol. The summed E-state index contributed by atoms with van der Waals surface area (Å²) in [7, 11) is -55.2. The Bertz CT molecular complexity index is 5870. The van der Waals surface area contributed by atoms with Gasteiger partial charge in [0.2, 0.25) is 0 Å². The largest absolute Gasteiger partial charge is 0.354 e. The summed E-state index contributed by atoms with van der Waals surface area (Å²) in [6, 6.07) is 8.20. The highest BCUT2D eigenvalue weighted by Gasteiger charge is 2.32. The van der Waals surface area contributed by atoms with Crippen LogP contribution in [0.3, 0.4) is 0 Å². The smallest absolute Gasteiger partial charge is 0.328 e. The first-order valence-corrected chi connectivity index (χ1v) is 39.7. The van der Waals surface area contributed by atoms with Crippen molar-refractivity contribution in [2.75, 3.05) is 21.3 Å². The van der Waals surface area contributed by atoms with E-state index in [1.807, 2.05) is 10.6 Å². The van der Waals surface area contributed by atoms with Gasteiger partial charge >= 0.3 is 6.03 Å². The number of urea groups is 1. The highest BCUT2D eigenvalue weighted by Crippen LogP contribution is 2.42. The van der Waals surface area contributed by atoms with Gasteiger partial charge in [0, 0.05) is 55.2 Å². The maximum Gasteiger partial charge on any atom is 0.328 e. The van der Waals surface area contributed by atoms with Crippen molar-refractivity contribution >= 4 is 187 Å². The summed E-state index contributed by atoms with van der Waals surface area (Å²) in [5.74, 6) is -6.21. The van der Waals surface area contributed by atoms with Crippen LogP contribution < -0.4 is 31.9 Å². The SMILES string of the molecule is O=C(NC(=O)c1ccc(NC(=O)c2ccc(Nc3ccc(S(=O)(=O)O)c4cc(S(=O)(=O)O)cc(S(=O)(=O)O)c34)c(S(=O)(=O)O)c2)c(S(=O)(=O)O)c1)NC(=O)c1ccc(NC(=O)c2ccc(Nc3ccc(S(=O)(=O)O)c4cc(S(=O)(=O)O)cc(S(=O)(=O)O)c34)c(S(=O)(=O)O)c2)c(S(=O)(=O)O)c1. The summed E-state index contributed by atoms with van der Waals surface area (Å²) in [4.78, 5) is 53.2. The lowest BCUT2D eigenvalue weighted by molar-refractivity contribution is 0.0941. The summed E-state index contributed by atoms with van der Waals surface area (Å²) in [5, 5.41) is 7.47. The van der Waals surface area contributed by atoms with Crippen molar-refractivity contribution in [2.45, 2.75) is 49.0 Å². The van der Waals surface area contributed by atoms with E-state index in [0.29, 0.717) is 97.1 Å². The van der Waals surface area contributed by atoms with Crippen LogP contribution in [-0.2, 0) is 101 Å². The quantitative estimate of drug-likeness (QED) is 0.0488. The number of imide groups is 2. The lowest BCUT2D eigenvalue weighted by Gasteiger charge is -2.17. The molecular weight excluding hydrogens is 1550 g/mol. The molecule has 0 aliphatic rings. The Balaban J connectivity index is 1.01. The first-order valence-electron chi connectivity index (χ1n) is 25.3. The Morgan fingerprint density at radius 2 is 0.480 bits per heavy atom. The number of carbonyl (C=O) groups excluding carboxylic acids is 5. The van der Waals surface area contributed by atoms with Gasteiger partial charge in [0.1, 0.15) is 39.2 Å². The summed E-state index contributed by atoms with van der Waals surface area (Å²) < 4.78 is 348. The van der Waals surface area contributed by atoms with Gasteiger partial charge in [-0.15, -0.1) is 0 Å². The molecule has 0 aliphatic carbocycles. The Morgan fingerprint density at radius 1 is 0.240 bits per heavy atom. The monoisotopic (exact) mass is 1590 g/mol. The normalized spacial score (nSPS) is 12.9. The van der Waals surface area contributed by atoms with E-state index >= 15 is 0 Å². The fourth-order valence-corrected chi connectivity index (χ4v) is 15.9. The third-order valence-corrected chi connectivity index (χ3v) is 22.1. The summed E-state index contributed by atoms with van der Waals surface area (Å²) in [6.07, 6.45) is 0. The summed E-state index contributed by atoms with van der Waals surface area (Å²) in [5.41, 5.74) is -8.34. The van der Waals surface area contributed by atoms with Gasteiger partial charge in [-0.3, -0.25) is 75.3 Å². The maximum absolute atomic E-state index is 13.6. The van der Waals surface area contributed by atoms with Crippen LogP contribution in [0.1, 0.15) is 41.4 Å². The molecule has 0 radical (unpaired) electrons. The average molecular weight is 1590 g/mol. The van der Waals surface area contributed by atoms with E-state index in [9.17, 15) is 154 Å². The third kappa shape index (κ3) is 16.9. The van der Waals surface area contributed by atoms with Crippen LogP contribution in [0.25, 0.3) is 21.5 Å². The Morgan fingerprint density at radius 3 is 0.740 bits per heavy atom. The minimum Gasteiger partial charge on any atom is -0.354 e. The van der Waals surface area contributed by atoms with Crippen molar-refractivity contribution < 1.29 is 154 Å². The van der Waals surface area contributed by atoms with Gasteiger partial charge < -0.3 is 21.3 Å². The number of hydrogen-bond acceptors (Lipinski definition) is 27. The average Bonchev–Trinajstić information content (AvgIpc) is 0.743. The Hall–Kier alpha value is -9.47. The van der Waals surface area contributed by atoms with Crippen LogP contribution in [0, 0.1) is 0 Å². The van der Waals surface area contributed by atoms with Gasteiger partial charge in [-0.1, -0.05) is 0 Å². The number of benzene rings is 8. The van der Waals surface area contributed by atoms with Crippen molar-refractivity contribution in [1.82, 2.24) is 10.6 Å². The fourth-order valence-electron chi connectivity index (χ4n) is 9.13. The minimum absolute atomic E-state index is 0.138. The molecule has 0 saturated carbocycles. The van der Waals surface area contributed by atoms with Crippen LogP contribution in [0.5, 0.6) is 0 Å². The summed E-state index contributed by atoms with van der Waals surface area (Å²) >= 11 is 0. The number of carbonyl (C=O) groups is 5. The second-order valence-electron chi connectivity index (χ2n) is 19.9. The molecule has 0 heterocycles. The molecule has 41 nitrogen and oxygen atoms in total. The molecule has 51 heteroatoms. The molecule has 0 saturated heterocycles. The van der Waals surface area contributed by atoms with E-state index in [-0.39, 0.29) is 12.1 Å². The van der Waals surface area contributed by atoms with E-state index < -0.39 is 258 Å². The molecule has 100 heavy (non-hydrogen) atoms. The molecule has 0 bridgehead atoms. The van der Waals surface area contributed by atoms with E-state index in [1.165, 1.54) is 0 Å². The van der Waals surface area contributed by atoms with Crippen LogP contribution in [0.2, 0.25) is 0 Å². The summed E-state index contributed by atoms with van der Waals surface area (Å²) in [6.45, 7) is 0. The van der Waals surface area contributed by atoms with E-state index in [1.54, 1.807) is 10.6 Å². The third-order valence-electron chi connectivity index (χ3n) is 13.3. The molecule has 6 amide bonds. The minimum atomic E-state index is -5.65. The predicted octanol–water partition coefficient (Wildman–Crippen LogP) is 2.73. The second-order valence-corrected chi connectivity index (χ2v) is 33.9. The molecule has 0 unspecified atom stereocenters. The molecule has 0 spiro atoms. The lowest BCUT2D eigenvalue weighted by Crippen LogP contribution is -2.42. The highest BCUT2D eigenvalue weighted by molar-refractivity contribution is 7.88. The Labute approximate surface area is 560 Å². The van der Waals surface area contributed by atoms with Gasteiger partial charge in [-0.25, -0.2) is 4.79 Å². The van der Waals surface area contributed by atoms with Crippen molar-refractivity contribution in [3.8, 4) is 0 Å². The molecule has 8 aromatic rings. The number of nitrogens with one attached hydrogen (secondary N) is 6. The molecule has 8 rings (SSSR count). The topological polar surface area (TPSA) is 701 Å². The number of hydrogen-bond donors (Lipinski definition) is 16. The van der Waals surface area contributed by atoms with Crippen molar-refractivity contribution in [3.63, 3.8) is 0 Å². The zero-order chi connectivity index (χ0) is 75.1. The van der Waals surface area contributed by atoms with E-state index in [0.717, 1.165) is 12.1 Å². The van der Waals surface area contributed by atoms with Gasteiger partial charge in [0.25, 0.3) is 125 Å². The van der Waals surface area contributed by atoms with Crippen LogP contribution in [-0.4, -0.2) is 159 Å². The standard InChI is InChI=1S/C49H36N6O35S10/c56-45(21-1-5-29(37(13-21)95(73,74)75)50-33-9-11-35(93(67,68)69)27-17-25(91(61,62)63)19-41(43(27)33)99(85,86)87)52-31-7-3-23(15-39(31)97(79,80)81)47(58)54-49(60)55-48(59)24-4-8-32(40(16-24)98(82,83)84)53-46(57)22-2-6-30(38(14-22)96(76,77)78)51-34-10-12-36(94(70,71)72)28-18-26(92(64,65)66)20-42(44(28)34)100(88,89)90/h1-20,50-51H,(H,52,56)(H,53,57)(H,61,62,63)(H,64,65,66)(H,67,68,69)(H,70,71,72)(H,73,74,75)(H,76,77,78)(H,79,80,81)(H,82,83,84)(H,85,86,87)(H,88,89,90)(H2,54,55,58,59,60). The zero-order valence-corrected chi connectivity index (χ0v) is 56.0. The molecule has 8 aromatic carbocycles. The van der Waals surface area contributed by atoms with Crippen LogP contribution in [0.15, 0.2) is 170 Å². The van der Waals surface area contributed by atoms with E-state index in [2.05, 4.69) is 10.6 Å². The molecule has 532 valence electrons. The first kappa shape index (κ1) is 76.3. The second kappa shape index (κ2) is 26.2. The van der Waals surface area contributed by atoms with Gasteiger partial charge in [-0.05, 0) is 121 Å². The van der Waals surface area contributed by atoms with Gasteiger partial charge in [0.15, 0.2) is 0 Å². The zero-order valence-electron chi connectivity index (χ0n) is 47.8. The number of amides is 6. The molecule has 0 atom stereocenters. The van der Waals surface area contributed by atoms with Crippen molar-refractivity contribution in [1.29, 1.82) is 0 Å². The number of fused-ring (bicyclic) bond motifs is 2. The lowest BCUT2D eigenvalue weighted by atomic mass is 10.1. The van der Waals surface area contributed by atoms with E-state index in [4.69, 9.17) is 0 Å². The molecule has 16 N–H and O–H groups in total. The first-order chi connectivity index (χ1) is 45.4.